The first-order valence-electron chi connectivity index (χ1n) is 13.9. The van der Waals surface area contributed by atoms with Gasteiger partial charge in [-0.3, -0.25) is 14.4 Å². The minimum atomic E-state index is -1.54. The number of hydrogen-bond acceptors (Lipinski definition) is 5. The van der Waals surface area contributed by atoms with Gasteiger partial charge < -0.3 is 20.5 Å². The van der Waals surface area contributed by atoms with Gasteiger partial charge in [0.1, 0.15) is 17.3 Å². The van der Waals surface area contributed by atoms with Crippen LogP contribution in [0.1, 0.15) is 52.5 Å². The molecule has 0 radical (unpaired) electrons. The van der Waals surface area contributed by atoms with E-state index in [0.717, 1.165) is 27.6 Å². The lowest BCUT2D eigenvalue weighted by molar-refractivity contribution is -0.148. The maximum atomic E-state index is 14.2. The van der Waals surface area contributed by atoms with E-state index in [1.54, 1.807) is 6.92 Å². The molecular weight excluding hydrogens is 492 g/mol. The molecule has 1 amide bonds. The zero-order valence-electron chi connectivity index (χ0n) is 23.0. The Balaban J connectivity index is 1.61. The molecule has 206 valence electrons. The number of carbonyl (C=O) groups excluding carboxylic acids is 3. The van der Waals surface area contributed by atoms with Gasteiger partial charge in [-0.1, -0.05) is 48.9 Å². The Kier molecular flexibility index (Phi) is 7.25. The Morgan fingerprint density at radius 1 is 1.03 bits per heavy atom. The number of H-pyrrole nitrogens is 1. The highest BCUT2D eigenvalue weighted by atomic mass is 16.3. The molecular formula is C32H38N2O5. The highest BCUT2D eigenvalue weighted by molar-refractivity contribution is 6.10. The molecule has 1 saturated heterocycles. The minimum Gasteiger partial charge on any atom is -0.388 e. The third kappa shape index (κ3) is 4.42. The van der Waals surface area contributed by atoms with Crippen molar-refractivity contribution in [1.82, 2.24) is 10.3 Å². The number of aliphatic hydroxyl groups is 2. The molecule has 2 heterocycles. The highest BCUT2D eigenvalue weighted by Gasteiger charge is 2.66. The van der Waals surface area contributed by atoms with Gasteiger partial charge in [0, 0.05) is 47.8 Å². The van der Waals surface area contributed by atoms with Gasteiger partial charge in [0.2, 0.25) is 5.91 Å². The smallest absolute Gasteiger partial charge is 0.235 e. The van der Waals surface area contributed by atoms with Crippen LogP contribution in [0.4, 0.5) is 0 Å². The number of benzene rings is 1. The molecule has 0 unspecified atom stereocenters. The Bertz CT molecular complexity index is 1410. The van der Waals surface area contributed by atoms with Gasteiger partial charge in [-0.2, -0.15) is 0 Å². The highest BCUT2D eigenvalue weighted by Crippen LogP contribution is 2.55. The number of carbonyl (C=O) groups is 3. The van der Waals surface area contributed by atoms with Crippen molar-refractivity contribution < 1.29 is 24.6 Å². The quantitative estimate of drug-likeness (QED) is 0.346. The fourth-order valence-electron chi connectivity index (χ4n) is 7.16. The van der Waals surface area contributed by atoms with Gasteiger partial charge >= 0.3 is 0 Å². The lowest BCUT2D eigenvalue weighted by Gasteiger charge is -2.46. The summed E-state index contributed by atoms with van der Waals surface area (Å²) in [5.41, 5.74) is 2.68. The van der Waals surface area contributed by atoms with E-state index in [-0.39, 0.29) is 30.6 Å². The Morgan fingerprint density at radius 3 is 2.54 bits per heavy atom. The molecule has 0 bridgehead atoms. The van der Waals surface area contributed by atoms with Crippen molar-refractivity contribution in [1.29, 1.82) is 0 Å². The van der Waals surface area contributed by atoms with E-state index in [2.05, 4.69) is 10.3 Å². The second kappa shape index (κ2) is 10.4. The van der Waals surface area contributed by atoms with Crippen LogP contribution in [0.15, 0.2) is 65.4 Å². The number of aromatic nitrogens is 1. The molecule has 1 aliphatic heterocycles. The van der Waals surface area contributed by atoms with Crippen molar-refractivity contribution in [2.75, 3.05) is 0 Å². The molecule has 0 saturated carbocycles. The number of nitrogens with one attached hydrogen (secondary N) is 2. The number of allylic oxidation sites excluding steroid dienone is 2. The summed E-state index contributed by atoms with van der Waals surface area (Å²) in [5, 5.41) is 26.3. The molecule has 4 N–H and O–H groups in total. The standard InChI is InChI=1S/C32H38N2O5/c1-17-8-7-10-23-30(38)20(4)19(3)28-25(15-21-16-33-24-11-6-5-9-22(21)24)34-31(39)32(23,28)27(36)13-12-26(35)29(37)18(2)14-17/h5-7,9-11,14,16-17,23,25,28-30,33,37-38H,8,12-13,15H2,1-4H3,(H,34,39)/b10-7+,18-14+/t17-,23-,25-,28-,29+,30+,32-/m0/s1. The van der Waals surface area contributed by atoms with Gasteiger partial charge in [0.15, 0.2) is 5.78 Å². The number of hydrogen-bond donors (Lipinski definition) is 4. The van der Waals surface area contributed by atoms with Crippen LogP contribution >= 0.6 is 0 Å². The second-order valence-electron chi connectivity index (χ2n) is 11.7. The fraction of sp³-hybridized carbons (Fsp3) is 0.469. The van der Waals surface area contributed by atoms with Crippen LogP contribution in [0.2, 0.25) is 0 Å². The molecule has 7 heteroatoms. The van der Waals surface area contributed by atoms with Gasteiger partial charge in [0.25, 0.3) is 0 Å². The maximum absolute atomic E-state index is 14.2. The summed E-state index contributed by atoms with van der Waals surface area (Å²) in [6.45, 7) is 7.50. The fourth-order valence-corrected chi connectivity index (χ4v) is 7.16. The Labute approximate surface area is 229 Å². The third-order valence-corrected chi connectivity index (χ3v) is 9.29. The lowest BCUT2D eigenvalue weighted by Crippen LogP contribution is -2.55. The molecule has 1 fully saturated rings. The molecule has 39 heavy (non-hydrogen) atoms. The van der Waals surface area contributed by atoms with Gasteiger partial charge in [-0.25, -0.2) is 0 Å². The minimum absolute atomic E-state index is 0.0260. The number of aromatic amines is 1. The van der Waals surface area contributed by atoms with Crippen molar-refractivity contribution in [3.63, 3.8) is 0 Å². The van der Waals surface area contributed by atoms with Crippen LogP contribution in [0, 0.1) is 23.2 Å². The Hall–Kier alpha value is -3.29. The summed E-state index contributed by atoms with van der Waals surface area (Å²) < 4.78 is 0. The molecule has 1 aromatic carbocycles. The first-order chi connectivity index (χ1) is 18.6. The van der Waals surface area contributed by atoms with Crippen LogP contribution in [-0.2, 0) is 20.8 Å². The van der Waals surface area contributed by atoms with Gasteiger partial charge in [-0.05, 0) is 62.3 Å². The number of Topliss-reactive ketones (excluding diaryl/α,β-unsaturated/α-hetero) is 2. The second-order valence-corrected chi connectivity index (χ2v) is 11.7. The Morgan fingerprint density at radius 2 is 1.77 bits per heavy atom. The van der Waals surface area contributed by atoms with Crippen molar-refractivity contribution in [3.05, 3.63) is 71.0 Å². The van der Waals surface area contributed by atoms with Crippen LogP contribution < -0.4 is 5.32 Å². The van der Waals surface area contributed by atoms with E-state index < -0.39 is 41.1 Å². The van der Waals surface area contributed by atoms with Crippen LogP contribution in [0.5, 0.6) is 0 Å². The van der Waals surface area contributed by atoms with Gasteiger partial charge in [-0.15, -0.1) is 0 Å². The molecule has 7 atom stereocenters. The summed E-state index contributed by atoms with van der Waals surface area (Å²) in [6.07, 6.45) is 6.07. The van der Waals surface area contributed by atoms with E-state index in [1.165, 1.54) is 0 Å². The summed E-state index contributed by atoms with van der Waals surface area (Å²) in [6, 6.07) is 7.62. The average Bonchev–Trinajstić information content (AvgIpc) is 3.45. The number of amides is 1. The number of ketones is 2. The average molecular weight is 531 g/mol. The number of rotatable bonds is 2. The van der Waals surface area contributed by atoms with Crippen LogP contribution in [0.25, 0.3) is 10.9 Å². The lowest BCUT2D eigenvalue weighted by atomic mass is 9.54. The molecule has 2 aromatic rings. The van der Waals surface area contributed by atoms with E-state index in [0.29, 0.717) is 18.4 Å². The van der Waals surface area contributed by atoms with Crippen molar-refractivity contribution >= 4 is 28.4 Å². The zero-order chi connectivity index (χ0) is 28.1. The number of para-hydroxylation sites is 1. The van der Waals surface area contributed by atoms with E-state index in [9.17, 15) is 24.6 Å². The largest absolute Gasteiger partial charge is 0.388 e. The van der Waals surface area contributed by atoms with Crippen LogP contribution in [-0.4, -0.2) is 50.9 Å². The van der Waals surface area contributed by atoms with Crippen molar-refractivity contribution in [2.45, 2.75) is 71.6 Å². The molecule has 5 rings (SSSR count). The topological polar surface area (TPSA) is 119 Å². The number of fused-ring (bicyclic) bond motifs is 1. The van der Waals surface area contributed by atoms with E-state index >= 15 is 0 Å². The summed E-state index contributed by atoms with van der Waals surface area (Å²) in [5.74, 6) is -2.40. The first-order valence-corrected chi connectivity index (χ1v) is 13.9. The molecule has 7 nitrogen and oxygen atoms in total. The third-order valence-electron chi connectivity index (χ3n) is 9.29. The predicted octanol–water partition coefficient (Wildman–Crippen LogP) is 3.96. The van der Waals surface area contributed by atoms with E-state index in [1.807, 2.05) is 69.5 Å². The maximum Gasteiger partial charge on any atom is 0.235 e. The summed E-state index contributed by atoms with van der Waals surface area (Å²) in [4.78, 5) is 44.5. The SMILES string of the molecule is CC1=C(C)[C@H]2[C@H](Cc3c[nH]c4ccccc34)NC(=O)[C@@]23C(=O)CCC(=O)[C@H](O)/C(C)=C/[C@@H](C)C/C=C/[C@H]3[C@@H]1O. The summed E-state index contributed by atoms with van der Waals surface area (Å²) >= 11 is 0. The van der Waals surface area contributed by atoms with Crippen molar-refractivity contribution in [3.8, 4) is 0 Å². The van der Waals surface area contributed by atoms with Crippen LogP contribution in [0.3, 0.4) is 0 Å². The number of aliphatic hydroxyl groups excluding tert-OH is 2. The predicted molar refractivity (Wildman–Crippen MR) is 150 cm³/mol. The molecule has 1 aromatic heterocycles. The zero-order valence-corrected chi connectivity index (χ0v) is 23.0. The summed E-state index contributed by atoms with van der Waals surface area (Å²) in [7, 11) is 0. The normalized spacial score (nSPS) is 36.3. The molecule has 2 aliphatic carbocycles. The first kappa shape index (κ1) is 27.3. The van der Waals surface area contributed by atoms with Crippen molar-refractivity contribution in [2.24, 2.45) is 23.2 Å². The monoisotopic (exact) mass is 530 g/mol. The molecule has 3 aliphatic rings. The van der Waals surface area contributed by atoms with Gasteiger partial charge in [0.05, 0.1) is 6.10 Å². The van der Waals surface area contributed by atoms with E-state index in [4.69, 9.17) is 0 Å². The molecule has 1 spiro atoms.